The molecule has 0 saturated carbocycles. The number of hydrogen-bond acceptors (Lipinski definition) is 5. The molecule has 0 fully saturated rings. The smallest absolute Gasteiger partial charge is 0.264 e. The van der Waals surface area contributed by atoms with Gasteiger partial charge in [0, 0.05) is 12.4 Å². The third kappa shape index (κ3) is 4.44. The Morgan fingerprint density at radius 3 is 2.55 bits per heavy atom. The quantitative estimate of drug-likeness (QED) is 0.294. The van der Waals surface area contributed by atoms with Gasteiger partial charge in [0.25, 0.3) is 5.91 Å². The van der Waals surface area contributed by atoms with Crippen molar-refractivity contribution in [1.29, 1.82) is 0 Å². The summed E-state index contributed by atoms with van der Waals surface area (Å²) in [6, 6.07) is 24.8. The fourth-order valence-electron chi connectivity index (χ4n) is 3.41. The summed E-state index contributed by atoms with van der Waals surface area (Å²) < 4.78 is 21.0. The summed E-state index contributed by atoms with van der Waals surface area (Å²) >= 11 is 1.26. The third-order valence-corrected chi connectivity index (χ3v) is 6.03. The largest absolute Gasteiger partial charge is 0.457 e. The summed E-state index contributed by atoms with van der Waals surface area (Å²) in [5.74, 6) is 0.331. The van der Waals surface area contributed by atoms with Crippen molar-refractivity contribution < 1.29 is 13.9 Å². The van der Waals surface area contributed by atoms with Gasteiger partial charge in [-0.3, -0.25) is 14.7 Å². The van der Waals surface area contributed by atoms with Gasteiger partial charge in [0.2, 0.25) is 0 Å². The van der Waals surface area contributed by atoms with Gasteiger partial charge < -0.3 is 4.74 Å². The fourth-order valence-corrected chi connectivity index (χ4v) is 4.39. The van der Waals surface area contributed by atoms with E-state index in [0.29, 0.717) is 26.9 Å². The van der Waals surface area contributed by atoms with E-state index in [4.69, 9.17) is 4.74 Å². The molecule has 5 aromatic rings. The number of carbonyl (C=O) groups excluding carboxylic acids is 1. The lowest BCUT2D eigenvalue weighted by Crippen LogP contribution is -2.30. The van der Waals surface area contributed by atoms with E-state index in [-0.39, 0.29) is 18.0 Å². The number of fused-ring (bicyclic) bond motifs is 1. The second kappa shape index (κ2) is 9.18. The number of pyridine rings is 1. The Hall–Kier alpha value is -4.10. The molecule has 0 bridgehead atoms. The molecule has 2 heterocycles. The number of amides is 1. The van der Waals surface area contributed by atoms with Crippen LogP contribution >= 0.6 is 11.3 Å². The number of rotatable bonds is 6. The zero-order chi connectivity index (χ0) is 22.6. The Labute approximate surface area is 193 Å². The molecule has 3 aromatic carbocycles. The summed E-state index contributed by atoms with van der Waals surface area (Å²) in [5.41, 5.74) is 1.45. The molecule has 0 aliphatic rings. The van der Waals surface area contributed by atoms with Crippen LogP contribution in [0, 0.1) is 5.82 Å². The first-order valence-corrected chi connectivity index (χ1v) is 11.1. The zero-order valence-corrected chi connectivity index (χ0v) is 18.2. The molecule has 5 rings (SSSR count). The SMILES string of the molecule is O=C(c1ccccc1Oc1ccccc1)N(Cc1cccnc1)c1nc2c(F)cccc2s1. The molecule has 0 saturated heterocycles. The van der Waals surface area contributed by atoms with Crippen molar-refractivity contribution in [1.82, 2.24) is 9.97 Å². The van der Waals surface area contributed by atoms with Gasteiger partial charge >= 0.3 is 0 Å². The number of anilines is 1. The van der Waals surface area contributed by atoms with Crippen molar-refractivity contribution in [2.75, 3.05) is 4.90 Å². The first-order chi connectivity index (χ1) is 16.2. The Morgan fingerprint density at radius 2 is 1.76 bits per heavy atom. The van der Waals surface area contributed by atoms with Crippen LogP contribution in [0.5, 0.6) is 11.5 Å². The number of ether oxygens (including phenoxy) is 1. The molecule has 0 spiro atoms. The zero-order valence-electron chi connectivity index (χ0n) is 17.4. The van der Waals surface area contributed by atoms with Gasteiger partial charge in [0.1, 0.15) is 22.8 Å². The van der Waals surface area contributed by atoms with E-state index in [2.05, 4.69) is 9.97 Å². The van der Waals surface area contributed by atoms with Crippen molar-refractivity contribution in [3.05, 3.63) is 114 Å². The highest BCUT2D eigenvalue weighted by Crippen LogP contribution is 2.34. The third-order valence-electron chi connectivity index (χ3n) is 4.99. The summed E-state index contributed by atoms with van der Waals surface area (Å²) in [4.78, 5) is 24.0. The Kier molecular flexibility index (Phi) is 5.78. The lowest BCUT2D eigenvalue weighted by atomic mass is 10.1. The van der Waals surface area contributed by atoms with Crippen LogP contribution in [-0.2, 0) is 6.54 Å². The molecule has 0 unspecified atom stereocenters. The van der Waals surface area contributed by atoms with Crippen LogP contribution in [-0.4, -0.2) is 15.9 Å². The van der Waals surface area contributed by atoms with Gasteiger partial charge in [-0.25, -0.2) is 9.37 Å². The van der Waals surface area contributed by atoms with Gasteiger partial charge in [-0.15, -0.1) is 0 Å². The van der Waals surface area contributed by atoms with E-state index in [1.807, 2.05) is 48.5 Å². The molecular formula is C26H18FN3O2S. The first kappa shape index (κ1) is 20.8. The maximum Gasteiger partial charge on any atom is 0.264 e. The van der Waals surface area contributed by atoms with Gasteiger partial charge in [0.15, 0.2) is 5.13 Å². The number of para-hydroxylation sites is 3. The van der Waals surface area contributed by atoms with Gasteiger partial charge in [-0.05, 0) is 48.0 Å². The van der Waals surface area contributed by atoms with Crippen LogP contribution in [0.3, 0.4) is 0 Å². The van der Waals surface area contributed by atoms with Crippen LogP contribution in [0.2, 0.25) is 0 Å². The topological polar surface area (TPSA) is 55.3 Å². The van der Waals surface area contributed by atoms with E-state index in [1.165, 1.54) is 22.3 Å². The van der Waals surface area contributed by atoms with Gasteiger partial charge in [-0.2, -0.15) is 0 Å². The average Bonchev–Trinajstić information content (AvgIpc) is 3.29. The van der Waals surface area contributed by atoms with Crippen molar-refractivity contribution in [3.63, 3.8) is 0 Å². The van der Waals surface area contributed by atoms with Crippen LogP contribution in [0.15, 0.2) is 97.3 Å². The number of carbonyl (C=O) groups is 1. The Bertz CT molecular complexity index is 1410. The van der Waals surface area contributed by atoms with Crippen molar-refractivity contribution >= 4 is 32.6 Å². The Morgan fingerprint density at radius 1 is 0.939 bits per heavy atom. The molecule has 2 aromatic heterocycles. The fraction of sp³-hybridized carbons (Fsp3) is 0.0385. The van der Waals surface area contributed by atoms with E-state index in [1.54, 1.807) is 42.7 Å². The normalized spacial score (nSPS) is 10.8. The minimum absolute atomic E-state index is 0.230. The summed E-state index contributed by atoms with van der Waals surface area (Å²) in [7, 11) is 0. The number of hydrogen-bond donors (Lipinski definition) is 0. The van der Waals surface area contributed by atoms with Crippen LogP contribution in [0.25, 0.3) is 10.2 Å². The molecule has 0 atom stereocenters. The minimum atomic E-state index is -0.420. The number of nitrogens with zero attached hydrogens (tertiary/aromatic N) is 3. The number of thiazole rings is 1. The second-order valence-electron chi connectivity index (χ2n) is 7.25. The van der Waals surface area contributed by atoms with Crippen molar-refractivity contribution in [2.24, 2.45) is 0 Å². The molecular weight excluding hydrogens is 437 g/mol. The molecule has 0 N–H and O–H groups in total. The molecule has 33 heavy (non-hydrogen) atoms. The number of aromatic nitrogens is 2. The van der Waals surface area contributed by atoms with Crippen LogP contribution in [0.4, 0.5) is 9.52 Å². The monoisotopic (exact) mass is 455 g/mol. The van der Waals surface area contributed by atoms with E-state index in [0.717, 1.165) is 5.56 Å². The maximum atomic E-state index is 14.3. The molecule has 1 amide bonds. The average molecular weight is 456 g/mol. The molecule has 0 aliphatic carbocycles. The number of benzene rings is 3. The lowest BCUT2D eigenvalue weighted by molar-refractivity contribution is 0.0983. The summed E-state index contributed by atoms with van der Waals surface area (Å²) in [5, 5.41) is 0.401. The summed E-state index contributed by atoms with van der Waals surface area (Å²) in [6.07, 6.45) is 3.37. The Balaban J connectivity index is 1.57. The van der Waals surface area contributed by atoms with Crippen LogP contribution < -0.4 is 9.64 Å². The van der Waals surface area contributed by atoms with E-state index >= 15 is 0 Å². The molecule has 0 aliphatic heterocycles. The van der Waals surface area contributed by atoms with Gasteiger partial charge in [0.05, 0.1) is 16.8 Å². The minimum Gasteiger partial charge on any atom is -0.457 e. The predicted octanol–water partition coefficient (Wildman–Crippen LogP) is 6.47. The standard InChI is InChI=1S/C26H18FN3O2S/c27-21-12-6-14-23-24(21)29-26(33-23)30(17-18-8-7-15-28-16-18)25(31)20-11-4-5-13-22(20)32-19-9-2-1-3-10-19/h1-16H,17H2. The first-order valence-electron chi connectivity index (χ1n) is 10.3. The highest BCUT2D eigenvalue weighted by atomic mass is 32.1. The molecule has 7 heteroatoms. The summed E-state index contributed by atoms with van der Waals surface area (Å²) in [6.45, 7) is 0.230. The molecule has 162 valence electrons. The van der Waals surface area contributed by atoms with Crippen molar-refractivity contribution in [2.45, 2.75) is 6.54 Å². The second-order valence-corrected chi connectivity index (χ2v) is 8.26. The number of halogens is 1. The maximum absolute atomic E-state index is 14.3. The molecule has 5 nitrogen and oxygen atoms in total. The van der Waals surface area contributed by atoms with Gasteiger partial charge in [-0.1, -0.05) is 53.8 Å². The highest BCUT2D eigenvalue weighted by molar-refractivity contribution is 7.22. The lowest BCUT2D eigenvalue weighted by Gasteiger charge is -2.21. The highest BCUT2D eigenvalue weighted by Gasteiger charge is 2.25. The van der Waals surface area contributed by atoms with E-state index < -0.39 is 5.82 Å². The van der Waals surface area contributed by atoms with Crippen molar-refractivity contribution in [3.8, 4) is 11.5 Å². The predicted molar refractivity (Wildman–Crippen MR) is 127 cm³/mol. The van der Waals surface area contributed by atoms with Crippen LogP contribution in [0.1, 0.15) is 15.9 Å². The van der Waals surface area contributed by atoms with E-state index in [9.17, 15) is 9.18 Å². The molecule has 0 radical (unpaired) electrons.